The first-order chi connectivity index (χ1) is 20.1. The van der Waals surface area contributed by atoms with Crippen LogP contribution in [0.15, 0.2) is 52.9 Å². The number of hydrogen-bond donors (Lipinski definition) is 1. The molecule has 0 saturated heterocycles. The summed E-state index contributed by atoms with van der Waals surface area (Å²) in [5.74, 6) is -0.613. The van der Waals surface area contributed by atoms with E-state index in [2.05, 4.69) is 44.8 Å². The Hall–Kier alpha value is -3.09. The minimum Gasteiger partial charge on any atom is -0.481 e. The number of anilines is 1. The number of hydrogen-bond acceptors (Lipinski definition) is 5. The van der Waals surface area contributed by atoms with Gasteiger partial charge in [0.25, 0.3) is 5.91 Å². The predicted octanol–water partition coefficient (Wildman–Crippen LogP) is 8.33. The lowest BCUT2D eigenvalue weighted by atomic mass is 9.63. The molecule has 228 valence electrons. The third-order valence-corrected chi connectivity index (χ3v) is 9.27. The van der Waals surface area contributed by atoms with Crippen LogP contribution in [0.4, 0.5) is 5.69 Å². The first kappa shape index (κ1) is 31.3. The van der Waals surface area contributed by atoms with Gasteiger partial charge in [0.05, 0.1) is 10.0 Å². The lowest BCUT2D eigenvalue weighted by molar-refractivity contribution is -0.120. The van der Waals surface area contributed by atoms with Crippen LogP contribution in [0.2, 0.25) is 10.0 Å². The van der Waals surface area contributed by atoms with Crippen molar-refractivity contribution in [1.29, 1.82) is 0 Å². The normalized spacial score (nSPS) is 19.8. The van der Waals surface area contributed by atoms with Crippen LogP contribution in [0.3, 0.4) is 0 Å². The van der Waals surface area contributed by atoms with Gasteiger partial charge in [-0.15, -0.1) is 0 Å². The maximum atomic E-state index is 13.9. The highest BCUT2D eigenvalue weighted by molar-refractivity contribution is 6.37. The van der Waals surface area contributed by atoms with E-state index in [1.165, 1.54) is 0 Å². The minimum atomic E-state index is -0.559. The van der Waals surface area contributed by atoms with Crippen molar-refractivity contribution in [2.45, 2.75) is 80.1 Å². The highest BCUT2D eigenvalue weighted by Gasteiger charge is 2.48. The van der Waals surface area contributed by atoms with Crippen LogP contribution < -0.4 is 10.1 Å². The summed E-state index contributed by atoms with van der Waals surface area (Å²) in [6.07, 6.45) is 2.28. The van der Waals surface area contributed by atoms with Crippen molar-refractivity contribution >= 4 is 46.4 Å². The van der Waals surface area contributed by atoms with E-state index < -0.39 is 5.92 Å². The number of ether oxygens (including phenoxy) is 1. The van der Waals surface area contributed by atoms with Gasteiger partial charge in [0.1, 0.15) is 0 Å². The van der Waals surface area contributed by atoms with E-state index in [1.807, 2.05) is 32.0 Å². The van der Waals surface area contributed by atoms with Gasteiger partial charge < -0.3 is 15.0 Å². The number of amides is 1. The van der Waals surface area contributed by atoms with Gasteiger partial charge in [0, 0.05) is 53.5 Å². The Balaban J connectivity index is 1.52. The molecule has 2 aromatic carbocycles. The fraction of sp³-hybridized carbons (Fsp3) is 0.457. The molecule has 0 unspecified atom stereocenters. The third kappa shape index (κ3) is 6.14. The molecule has 0 aromatic heterocycles. The van der Waals surface area contributed by atoms with Crippen molar-refractivity contribution in [1.82, 2.24) is 4.90 Å². The summed E-state index contributed by atoms with van der Waals surface area (Å²) in [5.41, 5.74) is 6.31. The Morgan fingerprint density at radius 2 is 1.44 bits per heavy atom. The second kappa shape index (κ2) is 11.4. The summed E-state index contributed by atoms with van der Waals surface area (Å²) in [5, 5.41) is 3.31. The summed E-state index contributed by atoms with van der Waals surface area (Å²) >= 11 is 13.5. The van der Waals surface area contributed by atoms with Crippen molar-refractivity contribution in [2.75, 3.05) is 18.5 Å². The van der Waals surface area contributed by atoms with Crippen molar-refractivity contribution in [2.24, 2.45) is 10.8 Å². The standard InChI is InChI=1S/C35H40Cl2N2O4/c1-8-39-25-14-34(4,5)16-27(40)31(25)30(32-26(39)15-35(6,7)17-28(32)41)21-12-22(36)33(23(37)13-21)43-18-29(42)38-24-11-19(2)9-10-20(24)3/h9-13,30H,8,14-18H2,1-7H3,(H,38,42). The molecule has 5 rings (SSSR count). The Bertz CT molecular complexity index is 1520. The number of carbonyl (C=O) groups is 3. The van der Waals surface area contributed by atoms with Crippen LogP contribution in [-0.4, -0.2) is 35.5 Å². The summed E-state index contributed by atoms with van der Waals surface area (Å²) in [4.78, 5) is 42.6. The van der Waals surface area contributed by atoms with E-state index in [1.54, 1.807) is 12.1 Å². The molecule has 0 bridgehead atoms. The summed E-state index contributed by atoms with van der Waals surface area (Å²) in [6, 6.07) is 9.29. The second-order valence-electron chi connectivity index (χ2n) is 13.7. The maximum absolute atomic E-state index is 13.9. The van der Waals surface area contributed by atoms with E-state index in [-0.39, 0.29) is 50.7 Å². The smallest absolute Gasteiger partial charge is 0.262 e. The van der Waals surface area contributed by atoms with E-state index in [9.17, 15) is 14.4 Å². The lowest BCUT2D eigenvalue weighted by Crippen LogP contribution is -2.44. The maximum Gasteiger partial charge on any atom is 0.262 e. The molecule has 3 aliphatic rings. The average Bonchev–Trinajstić information content (AvgIpc) is 2.87. The van der Waals surface area contributed by atoms with Crippen LogP contribution in [0.25, 0.3) is 0 Å². The minimum absolute atomic E-state index is 0.0505. The Kier molecular flexibility index (Phi) is 8.34. The van der Waals surface area contributed by atoms with Crippen molar-refractivity contribution < 1.29 is 19.1 Å². The number of Topliss-reactive ketones (excluding diaryl/α,β-unsaturated/α-hetero) is 2. The van der Waals surface area contributed by atoms with E-state index >= 15 is 0 Å². The van der Waals surface area contributed by atoms with Gasteiger partial charge in [-0.25, -0.2) is 0 Å². The van der Waals surface area contributed by atoms with Crippen LogP contribution in [-0.2, 0) is 14.4 Å². The number of nitrogens with one attached hydrogen (secondary N) is 1. The van der Waals surface area contributed by atoms with Gasteiger partial charge in [-0.1, -0.05) is 63.0 Å². The van der Waals surface area contributed by atoms with E-state index in [0.717, 1.165) is 35.4 Å². The third-order valence-electron chi connectivity index (χ3n) is 8.71. The zero-order valence-electron chi connectivity index (χ0n) is 26.0. The van der Waals surface area contributed by atoms with Crippen LogP contribution in [0.1, 0.15) is 82.9 Å². The van der Waals surface area contributed by atoms with Crippen molar-refractivity contribution in [3.8, 4) is 5.75 Å². The monoisotopic (exact) mass is 622 g/mol. The molecule has 0 saturated carbocycles. The first-order valence-corrected chi connectivity index (χ1v) is 15.7. The Morgan fingerprint density at radius 1 is 0.907 bits per heavy atom. The summed E-state index contributed by atoms with van der Waals surface area (Å²) in [6.45, 7) is 14.8. The van der Waals surface area contributed by atoms with Crippen molar-refractivity contribution in [3.63, 3.8) is 0 Å². The number of benzene rings is 2. The van der Waals surface area contributed by atoms with E-state index in [0.29, 0.717) is 41.8 Å². The molecule has 2 aliphatic carbocycles. The topological polar surface area (TPSA) is 75.7 Å². The molecule has 6 nitrogen and oxygen atoms in total. The number of carbonyl (C=O) groups excluding carboxylic acids is 3. The zero-order chi connectivity index (χ0) is 31.4. The fourth-order valence-corrected chi connectivity index (χ4v) is 7.45. The molecule has 0 atom stereocenters. The van der Waals surface area contributed by atoms with Gasteiger partial charge in [0.2, 0.25) is 0 Å². The van der Waals surface area contributed by atoms with Gasteiger partial charge in [-0.3, -0.25) is 14.4 Å². The van der Waals surface area contributed by atoms with Gasteiger partial charge in [-0.2, -0.15) is 0 Å². The SMILES string of the molecule is CCN1C2=C(C(=O)CC(C)(C)C2)C(c2cc(Cl)c(OCC(=O)Nc3cc(C)ccc3C)c(Cl)c2)C2=C1CC(C)(C)CC2=O. The summed E-state index contributed by atoms with van der Waals surface area (Å²) < 4.78 is 5.82. The largest absolute Gasteiger partial charge is 0.481 e. The quantitative estimate of drug-likeness (QED) is 0.350. The molecule has 1 aliphatic heterocycles. The highest BCUT2D eigenvalue weighted by atomic mass is 35.5. The molecule has 1 heterocycles. The molecule has 0 spiro atoms. The molecule has 0 radical (unpaired) electrons. The Labute approximate surface area is 264 Å². The molecular formula is C35H40Cl2N2O4. The van der Waals surface area contributed by atoms with Crippen LogP contribution in [0, 0.1) is 24.7 Å². The lowest BCUT2D eigenvalue weighted by Gasteiger charge is -2.49. The van der Waals surface area contributed by atoms with Gasteiger partial charge >= 0.3 is 0 Å². The predicted molar refractivity (Wildman–Crippen MR) is 172 cm³/mol. The van der Waals surface area contributed by atoms with Crippen molar-refractivity contribution in [3.05, 3.63) is 79.6 Å². The number of rotatable bonds is 6. The van der Waals surface area contributed by atoms with Gasteiger partial charge in [0.15, 0.2) is 23.9 Å². The Morgan fingerprint density at radius 3 is 1.95 bits per heavy atom. The molecule has 8 heteroatoms. The number of allylic oxidation sites excluding steroid dienone is 4. The molecule has 1 amide bonds. The second-order valence-corrected chi connectivity index (χ2v) is 14.6. The average molecular weight is 624 g/mol. The number of halogens is 2. The molecule has 0 fully saturated rings. The highest BCUT2D eigenvalue weighted by Crippen LogP contribution is 2.55. The van der Waals surface area contributed by atoms with E-state index in [4.69, 9.17) is 27.9 Å². The van der Waals surface area contributed by atoms with Crippen LogP contribution >= 0.6 is 23.2 Å². The fourth-order valence-electron chi connectivity index (χ4n) is 6.84. The van der Waals surface area contributed by atoms with Crippen LogP contribution in [0.5, 0.6) is 5.75 Å². The molecular weight excluding hydrogens is 583 g/mol. The zero-order valence-corrected chi connectivity index (χ0v) is 27.6. The number of aryl methyl sites for hydroxylation is 2. The summed E-state index contributed by atoms with van der Waals surface area (Å²) in [7, 11) is 0. The number of ketones is 2. The molecule has 1 N–H and O–H groups in total. The molecule has 2 aromatic rings. The van der Waals surface area contributed by atoms with Gasteiger partial charge in [-0.05, 0) is 79.3 Å². The number of nitrogens with zero attached hydrogens (tertiary/aromatic N) is 1. The first-order valence-electron chi connectivity index (χ1n) is 14.9. The molecule has 43 heavy (non-hydrogen) atoms.